The van der Waals surface area contributed by atoms with Gasteiger partial charge in [-0.15, -0.1) is 0 Å². The Labute approximate surface area is 164 Å². The minimum absolute atomic E-state index is 0.130. The molecule has 0 aliphatic rings. The van der Waals surface area contributed by atoms with Crippen molar-refractivity contribution < 1.29 is 14.0 Å². The molecule has 1 aromatic heterocycles. The van der Waals surface area contributed by atoms with Crippen LogP contribution in [0.15, 0.2) is 71.3 Å². The number of furan rings is 1. The van der Waals surface area contributed by atoms with E-state index in [-0.39, 0.29) is 23.6 Å². The van der Waals surface area contributed by atoms with E-state index in [9.17, 15) is 9.59 Å². The quantitative estimate of drug-likeness (QED) is 0.625. The van der Waals surface area contributed by atoms with Crippen LogP contribution in [0.5, 0.6) is 0 Å². The average Bonchev–Trinajstić information content (AvgIpc) is 3.23. The summed E-state index contributed by atoms with van der Waals surface area (Å²) in [6.45, 7) is 6.25. The number of benzene rings is 2. The van der Waals surface area contributed by atoms with E-state index in [0.29, 0.717) is 17.2 Å². The van der Waals surface area contributed by atoms with Crippen LogP contribution in [0.3, 0.4) is 0 Å². The first-order valence-corrected chi connectivity index (χ1v) is 9.29. The van der Waals surface area contributed by atoms with Crippen LogP contribution in [0.1, 0.15) is 64.8 Å². The van der Waals surface area contributed by atoms with Gasteiger partial charge in [0.25, 0.3) is 11.8 Å². The standard InChI is InChI=1S/C23H24N2O3/c1-15(2)17-9-11-18(12-10-17)16(3)24-22(26)19-6-4-7-20(14-19)25-23(27)21-8-5-13-28-21/h4-16H,1-3H3,(H,24,26)(H,25,27). The summed E-state index contributed by atoms with van der Waals surface area (Å²) in [6, 6.07) is 18.2. The van der Waals surface area contributed by atoms with Crippen molar-refractivity contribution in [1.29, 1.82) is 0 Å². The van der Waals surface area contributed by atoms with E-state index in [2.05, 4.69) is 36.6 Å². The summed E-state index contributed by atoms with van der Waals surface area (Å²) in [5.74, 6) is 0.127. The molecule has 2 aromatic carbocycles. The number of hydrogen-bond acceptors (Lipinski definition) is 3. The minimum atomic E-state index is -0.360. The zero-order chi connectivity index (χ0) is 20.1. The smallest absolute Gasteiger partial charge is 0.291 e. The Morgan fingerprint density at radius 3 is 2.21 bits per heavy atom. The van der Waals surface area contributed by atoms with E-state index in [4.69, 9.17) is 4.42 Å². The largest absolute Gasteiger partial charge is 0.459 e. The predicted molar refractivity (Wildman–Crippen MR) is 110 cm³/mol. The van der Waals surface area contributed by atoms with Crippen molar-refractivity contribution in [1.82, 2.24) is 5.32 Å². The fourth-order valence-corrected chi connectivity index (χ4v) is 2.87. The van der Waals surface area contributed by atoms with Gasteiger partial charge in [0.05, 0.1) is 12.3 Å². The number of anilines is 1. The number of amides is 2. The molecule has 0 saturated carbocycles. The molecular formula is C23H24N2O3. The second-order valence-electron chi connectivity index (χ2n) is 7.03. The summed E-state index contributed by atoms with van der Waals surface area (Å²) >= 11 is 0. The summed E-state index contributed by atoms with van der Waals surface area (Å²) in [5.41, 5.74) is 3.31. The van der Waals surface area contributed by atoms with Gasteiger partial charge in [0, 0.05) is 11.3 Å². The topological polar surface area (TPSA) is 71.3 Å². The lowest BCUT2D eigenvalue weighted by atomic mass is 9.99. The third kappa shape index (κ3) is 4.68. The Bertz CT molecular complexity index is 944. The normalized spacial score (nSPS) is 11.9. The van der Waals surface area contributed by atoms with Crippen LogP contribution in [-0.2, 0) is 0 Å². The van der Waals surface area contributed by atoms with Crippen molar-refractivity contribution in [2.45, 2.75) is 32.7 Å². The Morgan fingerprint density at radius 1 is 0.857 bits per heavy atom. The second kappa shape index (κ2) is 8.57. The van der Waals surface area contributed by atoms with Gasteiger partial charge in [-0.3, -0.25) is 9.59 Å². The molecule has 0 fully saturated rings. The van der Waals surface area contributed by atoms with Gasteiger partial charge in [-0.2, -0.15) is 0 Å². The highest BCUT2D eigenvalue weighted by atomic mass is 16.3. The van der Waals surface area contributed by atoms with Gasteiger partial charge in [0.1, 0.15) is 0 Å². The van der Waals surface area contributed by atoms with E-state index in [0.717, 1.165) is 5.56 Å². The molecule has 0 spiro atoms. The molecule has 0 bridgehead atoms. The maximum atomic E-state index is 12.6. The van der Waals surface area contributed by atoms with Crippen LogP contribution in [-0.4, -0.2) is 11.8 Å². The molecule has 2 N–H and O–H groups in total. The summed E-state index contributed by atoms with van der Waals surface area (Å²) in [6.07, 6.45) is 1.44. The summed E-state index contributed by atoms with van der Waals surface area (Å²) in [5, 5.41) is 5.73. The van der Waals surface area contributed by atoms with Crippen LogP contribution in [0.25, 0.3) is 0 Å². The zero-order valence-electron chi connectivity index (χ0n) is 16.2. The molecule has 1 heterocycles. The molecule has 1 unspecified atom stereocenters. The number of carbonyl (C=O) groups excluding carboxylic acids is 2. The summed E-state index contributed by atoms with van der Waals surface area (Å²) in [4.78, 5) is 24.7. The lowest BCUT2D eigenvalue weighted by molar-refractivity contribution is 0.0938. The van der Waals surface area contributed by atoms with Crippen molar-refractivity contribution >= 4 is 17.5 Å². The highest BCUT2D eigenvalue weighted by Gasteiger charge is 2.14. The molecule has 5 heteroatoms. The number of rotatable bonds is 6. The predicted octanol–water partition coefficient (Wildman–Crippen LogP) is 5.15. The highest BCUT2D eigenvalue weighted by molar-refractivity contribution is 6.03. The second-order valence-corrected chi connectivity index (χ2v) is 7.03. The Hall–Kier alpha value is -3.34. The van der Waals surface area contributed by atoms with E-state index in [1.54, 1.807) is 36.4 Å². The number of carbonyl (C=O) groups is 2. The fourth-order valence-electron chi connectivity index (χ4n) is 2.87. The lowest BCUT2D eigenvalue weighted by Gasteiger charge is -2.16. The SMILES string of the molecule is CC(C)c1ccc(C(C)NC(=O)c2cccc(NC(=O)c3ccco3)c2)cc1. The van der Waals surface area contributed by atoms with E-state index in [1.807, 2.05) is 19.1 Å². The van der Waals surface area contributed by atoms with Gasteiger partial charge in [-0.1, -0.05) is 44.2 Å². The molecule has 5 nitrogen and oxygen atoms in total. The Balaban J connectivity index is 1.66. The monoisotopic (exact) mass is 376 g/mol. The molecule has 28 heavy (non-hydrogen) atoms. The third-order valence-electron chi connectivity index (χ3n) is 4.58. The molecule has 0 aliphatic heterocycles. The lowest BCUT2D eigenvalue weighted by Crippen LogP contribution is -2.26. The van der Waals surface area contributed by atoms with Crippen molar-refractivity contribution in [3.05, 3.63) is 89.4 Å². The van der Waals surface area contributed by atoms with Crippen LogP contribution in [0, 0.1) is 0 Å². The number of nitrogens with one attached hydrogen (secondary N) is 2. The van der Waals surface area contributed by atoms with Gasteiger partial charge < -0.3 is 15.1 Å². The van der Waals surface area contributed by atoms with Crippen LogP contribution < -0.4 is 10.6 Å². The van der Waals surface area contributed by atoms with Gasteiger partial charge in [-0.05, 0) is 54.3 Å². The van der Waals surface area contributed by atoms with Crippen molar-refractivity contribution in [2.24, 2.45) is 0 Å². The molecule has 144 valence electrons. The molecule has 2 amide bonds. The van der Waals surface area contributed by atoms with Gasteiger partial charge in [0.15, 0.2) is 5.76 Å². The Morgan fingerprint density at radius 2 is 1.57 bits per heavy atom. The zero-order valence-corrected chi connectivity index (χ0v) is 16.2. The van der Waals surface area contributed by atoms with Gasteiger partial charge in [0.2, 0.25) is 0 Å². The van der Waals surface area contributed by atoms with E-state index < -0.39 is 0 Å². The summed E-state index contributed by atoms with van der Waals surface area (Å²) < 4.78 is 5.08. The molecule has 3 aromatic rings. The van der Waals surface area contributed by atoms with Crippen molar-refractivity contribution in [3.63, 3.8) is 0 Å². The maximum absolute atomic E-state index is 12.6. The Kier molecular flexibility index (Phi) is 5.94. The van der Waals surface area contributed by atoms with Gasteiger partial charge >= 0.3 is 0 Å². The summed E-state index contributed by atoms with van der Waals surface area (Å²) in [7, 11) is 0. The first-order chi connectivity index (χ1) is 13.4. The number of hydrogen-bond donors (Lipinski definition) is 2. The van der Waals surface area contributed by atoms with Crippen LogP contribution in [0.2, 0.25) is 0 Å². The van der Waals surface area contributed by atoms with E-state index in [1.165, 1.54) is 11.8 Å². The average molecular weight is 376 g/mol. The minimum Gasteiger partial charge on any atom is -0.459 e. The fraction of sp³-hybridized carbons (Fsp3) is 0.217. The molecule has 0 saturated heterocycles. The molecule has 1 atom stereocenters. The third-order valence-corrected chi connectivity index (χ3v) is 4.58. The first-order valence-electron chi connectivity index (χ1n) is 9.29. The van der Waals surface area contributed by atoms with Gasteiger partial charge in [-0.25, -0.2) is 0 Å². The van der Waals surface area contributed by atoms with Crippen molar-refractivity contribution in [3.8, 4) is 0 Å². The van der Waals surface area contributed by atoms with Crippen LogP contribution >= 0.6 is 0 Å². The van der Waals surface area contributed by atoms with E-state index >= 15 is 0 Å². The maximum Gasteiger partial charge on any atom is 0.291 e. The molecule has 3 rings (SSSR count). The molecule has 0 aliphatic carbocycles. The van der Waals surface area contributed by atoms with Crippen LogP contribution in [0.4, 0.5) is 5.69 Å². The van der Waals surface area contributed by atoms with Crippen molar-refractivity contribution in [2.75, 3.05) is 5.32 Å². The molecular weight excluding hydrogens is 352 g/mol. The molecule has 0 radical (unpaired) electrons. The highest BCUT2D eigenvalue weighted by Crippen LogP contribution is 2.19. The first kappa shape index (κ1) is 19.4.